The maximum atomic E-state index is 10.4. The molecule has 2 aromatic rings. The van der Waals surface area contributed by atoms with E-state index in [1.54, 1.807) is 6.07 Å². The van der Waals surface area contributed by atoms with Crippen molar-refractivity contribution in [3.63, 3.8) is 0 Å². The third-order valence-corrected chi connectivity index (χ3v) is 4.72. The quantitative estimate of drug-likeness (QED) is 0.602. The van der Waals surface area contributed by atoms with E-state index in [9.17, 15) is 10.2 Å². The molecule has 2 aromatic carbocycles. The second-order valence-electron chi connectivity index (χ2n) is 6.03. The van der Waals surface area contributed by atoms with Crippen LogP contribution in [0.4, 0.5) is 0 Å². The van der Waals surface area contributed by atoms with E-state index in [4.69, 9.17) is 0 Å². The number of phenolic OH excluding ortho intramolecular Hbond substituents is 2. The van der Waals surface area contributed by atoms with Crippen LogP contribution in [0.25, 0.3) is 11.1 Å². The number of hydrogen-bond donors (Lipinski definition) is 2. The molecule has 23 heavy (non-hydrogen) atoms. The van der Waals surface area contributed by atoms with Crippen LogP contribution in [-0.4, -0.2) is 10.2 Å². The van der Waals surface area contributed by atoms with Crippen molar-refractivity contribution < 1.29 is 10.2 Å². The number of aryl methyl sites for hydroxylation is 2. The summed E-state index contributed by atoms with van der Waals surface area (Å²) in [5.41, 5.74) is 3.76. The van der Waals surface area contributed by atoms with Gasteiger partial charge < -0.3 is 10.2 Å². The molecular weight excluding hydrogens is 352 g/mol. The number of phenols is 2. The molecule has 0 spiro atoms. The average molecular weight is 377 g/mol. The van der Waals surface area contributed by atoms with Crippen LogP contribution in [0.3, 0.4) is 0 Å². The second kappa shape index (κ2) is 8.39. The lowest BCUT2D eigenvalue weighted by Gasteiger charge is -2.13. The molecule has 2 nitrogen and oxygen atoms in total. The molecule has 0 fully saturated rings. The molecule has 0 amide bonds. The summed E-state index contributed by atoms with van der Waals surface area (Å²) in [4.78, 5) is 0. The van der Waals surface area contributed by atoms with Crippen molar-refractivity contribution in [2.75, 3.05) is 0 Å². The van der Waals surface area contributed by atoms with Crippen LogP contribution in [0.1, 0.15) is 50.7 Å². The highest BCUT2D eigenvalue weighted by Gasteiger charge is 2.14. The summed E-state index contributed by atoms with van der Waals surface area (Å²) in [7, 11) is 0. The Morgan fingerprint density at radius 3 is 2.09 bits per heavy atom. The SMILES string of the molecule is CCCCc1ccc(O)c(-c2cc(CCCC)cc(Br)c2O)c1. The van der Waals surface area contributed by atoms with Gasteiger partial charge in [0.2, 0.25) is 0 Å². The van der Waals surface area contributed by atoms with Crippen molar-refractivity contribution in [3.05, 3.63) is 45.9 Å². The molecule has 0 aliphatic heterocycles. The summed E-state index contributed by atoms with van der Waals surface area (Å²) in [5.74, 6) is 0.397. The Bertz CT molecular complexity index is 665. The standard InChI is InChI=1S/C20H25BrO2/c1-3-5-7-14-9-10-19(22)16(11-14)17-12-15(8-6-4-2)13-18(21)20(17)23/h9-13,22-23H,3-8H2,1-2H3. The van der Waals surface area contributed by atoms with E-state index in [0.717, 1.165) is 38.5 Å². The number of rotatable bonds is 7. The molecule has 0 aromatic heterocycles. The summed E-state index contributed by atoms with van der Waals surface area (Å²) in [6.07, 6.45) is 6.46. The van der Waals surface area contributed by atoms with Crippen LogP contribution < -0.4 is 0 Å². The number of aromatic hydroxyl groups is 2. The Labute approximate surface area is 147 Å². The molecule has 0 aliphatic rings. The van der Waals surface area contributed by atoms with Gasteiger partial charge in [-0.05, 0) is 77.0 Å². The van der Waals surface area contributed by atoms with Gasteiger partial charge in [0.05, 0.1) is 4.47 Å². The molecular formula is C20H25BrO2. The summed E-state index contributed by atoms with van der Waals surface area (Å²) >= 11 is 3.44. The van der Waals surface area contributed by atoms with Crippen LogP contribution >= 0.6 is 15.9 Å². The zero-order chi connectivity index (χ0) is 16.8. The molecule has 0 bridgehead atoms. The molecule has 2 N–H and O–H groups in total. The molecule has 0 unspecified atom stereocenters. The summed E-state index contributed by atoms with van der Waals surface area (Å²) in [6.45, 7) is 4.33. The number of halogens is 1. The van der Waals surface area contributed by atoms with Gasteiger partial charge in [-0.25, -0.2) is 0 Å². The highest BCUT2D eigenvalue weighted by Crippen LogP contribution is 2.41. The van der Waals surface area contributed by atoms with Gasteiger partial charge in [0, 0.05) is 11.1 Å². The Morgan fingerprint density at radius 1 is 0.826 bits per heavy atom. The van der Waals surface area contributed by atoms with E-state index in [0.29, 0.717) is 15.6 Å². The lowest BCUT2D eigenvalue weighted by atomic mass is 9.96. The van der Waals surface area contributed by atoms with Crippen molar-refractivity contribution in [1.82, 2.24) is 0 Å². The van der Waals surface area contributed by atoms with Crippen LogP contribution in [0, 0.1) is 0 Å². The van der Waals surface area contributed by atoms with Crippen LogP contribution in [-0.2, 0) is 12.8 Å². The fourth-order valence-electron chi connectivity index (χ4n) is 2.72. The van der Waals surface area contributed by atoms with E-state index in [1.807, 2.05) is 24.3 Å². The van der Waals surface area contributed by atoms with E-state index < -0.39 is 0 Å². The lowest BCUT2D eigenvalue weighted by molar-refractivity contribution is 0.467. The molecule has 0 atom stereocenters. The van der Waals surface area contributed by atoms with Gasteiger partial charge in [0.1, 0.15) is 11.5 Å². The van der Waals surface area contributed by atoms with Crippen molar-refractivity contribution in [2.45, 2.75) is 52.4 Å². The second-order valence-corrected chi connectivity index (χ2v) is 6.89. The van der Waals surface area contributed by atoms with Gasteiger partial charge in [0.25, 0.3) is 0 Å². The minimum Gasteiger partial charge on any atom is -0.507 e. The predicted octanol–water partition coefficient (Wildman–Crippen LogP) is 6.21. The zero-order valence-electron chi connectivity index (χ0n) is 13.9. The smallest absolute Gasteiger partial charge is 0.137 e. The van der Waals surface area contributed by atoms with Crippen molar-refractivity contribution >= 4 is 15.9 Å². The molecule has 0 heterocycles. The van der Waals surface area contributed by atoms with Gasteiger partial charge in [-0.1, -0.05) is 32.8 Å². The molecule has 0 radical (unpaired) electrons. The Morgan fingerprint density at radius 2 is 1.43 bits per heavy atom. The highest BCUT2D eigenvalue weighted by atomic mass is 79.9. The number of unbranched alkanes of at least 4 members (excludes halogenated alkanes) is 2. The minimum absolute atomic E-state index is 0.188. The third-order valence-electron chi connectivity index (χ3n) is 4.11. The molecule has 0 saturated carbocycles. The summed E-state index contributed by atoms with van der Waals surface area (Å²) < 4.78 is 0.680. The Hall–Kier alpha value is -1.48. The summed E-state index contributed by atoms with van der Waals surface area (Å²) in [6, 6.07) is 9.64. The van der Waals surface area contributed by atoms with Crippen LogP contribution in [0.15, 0.2) is 34.8 Å². The van der Waals surface area contributed by atoms with E-state index in [1.165, 1.54) is 11.1 Å². The van der Waals surface area contributed by atoms with Gasteiger partial charge in [-0.3, -0.25) is 0 Å². The van der Waals surface area contributed by atoms with Gasteiger partial charge >= 0.3 is 0 Å². The van der Waals surface area contributed by atoms with Gasteiger partial charge in [0.15, 0.2) is 0 Å². The molecule has 0 aliphatic carbocycles. The topological polar surface area (TPSA) is 40.5 Å². The predicted molar refractivity (Wildman–Crippen MR) is 100 cm³/mol. The van der Waals surface area contributed by atoms with Crippen LogP contribution in [0.2, 0.25) is 0 Å². The number of benzene rings is 2. The maximum Gasteiger partial charge on any atom is 0.137 e. The van der Waals surface area contributed by atoms with Gasteiger partial charge in [-0.15, -0.1) is 0 Å². The fraction of sp³-hybridized carbons (Fsp3) is 0.400. The van der Waals surface area contributed by atoms with E-state index in [-0.39, 0.29) is 11.5 Å². The monoisotopic (exact) mass is 376 g/mol. The average Bonchev–Trinajstić information content (AvgIpc) is 2.55. The normalized spacial score (nSPS) is 10.9. The molecule has 124 valence electrons. The first-order valence-corrected chi connectivity index (χ1v) is 9.19. The maximum absolute atomic E-state index is 10.4. The summed E-state index contributed by atoms with van der Waals surface area (Å²) in [5, 5.41) is 20.7. The van der Waals surface area contributed by atoms with E-state index in [2.05, 4.69) is 29.8 Å². The van der Waals surface area contributed by atoms with Crippen LogP contribution in [0.5, 0.6) is 11.5 Å². The Kier molecular flexibility index (Phi) is 6.52. The first-order valence-electron chi connectivity index (χ1n) is 8.40. The molecule has 2 rings (SSSR count). The lowest BCUT2D eigenvalue weighted by Crippen LogP contribution is -1.91. The first-order chi connectivity index (χ1) is 11.1. The molecule has 3 heteroatoms. The minimum atomic E-state index is 0.188. The highest BCUT2D eigenvalue weighted by molar-refractivity contribution is 9.10. The Balaban J connectivity index is 2.45. The van der Waals surface area contributed by atoms with Crippen molar-refractivity contribution in [3.8, 4) is 22.6 Å². The van der Waals surface area contributed by atoms with Crippen molar-refractivity contribution in [2.24, 2.45) is 0 Å². The number of hydrogen-bond acceptors (Lipinski definition) is 2. The third kappa shape index (κ3) is 4.51. The van der Waals surface area contributed by atoms with E-state index >= 15 is 0 Å². The molecule has 0 saturated heterocycles. The fourth-order valence-corrected chi connectivity index (χ4v) is 3.23. The van der Waals surface area contributed by atoms with Gasteiger partial charge in [-0.2, -0.15) is 0 Å². The first kappa shape index (κ1) is 17.9. The zero-order valence-corrected chi connectivity index (χ0v) is 15.5. The van der Waals surface area contributed by atoms with Crippen molar-refractivity contribution in [1.29, 1.82) is 0 Å². The largest absolute Gasteiger partial charge is 0.507 e.